The number of ether oxygens (including phenoxy) is 4. The van der Waals surface area contributed by atoms with E-state index in [4.69, 9.17) is 33.9 Å². The summed E-state index contributed by atoms with van der Waals surface area (Å²) >= 11 is 0. The van der Waals surface area contributed by atoms with Gasteiger partial charge >= 0.3 is 37.4 Å². The summed E-state index contributed by atoms with van der Waals surface area (Å²) in [5.41, 5.74) is 8.43. The van der Waals surface area contributed by atoms with Crippen molar-refractivity contribution in [3.05, 3.63) is 189 Å². The molecule has 4 heterocycles. The van der Waals surface area contributed by atoms with Crippen LogP contribution in [0, 0.1) is 0 Å². The molecule has 59 heavy (non-hydrogen) atoms. The summed E-state index contributed by atoms with van der Waals surface area (Å²) < 4.78 is 20.6. The molecule has 0 unspecified atom stereocenters. The number of nitrogens with zero attached hydrogens (tertiary/aromatic N) is 4. The molecule has 1 aromatic heterocycles. The summed E-state index contributed by atoms with van der Waals surface area (Å²) in [6.45, 7) is 3.85. The van der Waals surface area contributed by atoms with Crippen LogP contribution in [-0.2, 0) is 43.2 Å². The second kappa shape index (κ2) is 18.1. The zero-order chi connectivity index (χ0) is 40.9. The molecular weight excluding hydrogens is 802 g/mol. The van der Waals surface area contributed by atoms with E-state index < -0.39 is 23.8 Å². The van der Waals surface area contributed by atoms with Crippen molar-refractivity contribution in [2.75, 3.05) is 21.3 Å². The van der Waals surface area contributed by atoms with Gasteiger partial charge in [0.1, 0.15) is 0 Å². The van der Waals surface area contributed by atoms with E-state index in [0.717, 1.165) is 5.56 Å². The predicted molar refractivity (Wildman–Crippen MR) is 219 cm³/mol. The van der Waals surface area contributed by atoms with Crippen molar-refractivity contribution in [3.63, 3.8) is 0 Å². The van der Waals surface area contributed by atoms with E-state index >= 15 is 0 Å². The van der Waals surface area contributed by atoms with Crippen molar-refractivity contribution < 1.29 is 57.6 Å². The Hall–Kier alpha value is -6.98. The summed E-state index contributed by atoms with van der Waals surface area (Å²) in [5.74, 6) is -1.35. The number of aromatic nitrogens is 1. The molecule has 3 aromatic carbocycles. The van der Waals surface area contributed by atoms with Crippen molar-refractivity contribution in [2.24, 2.45) is 9.98 Å². The number of allylic oxidation sites excluding steroid dienone is 5. The maximum atomic E-state index is 12.4. The summed E-state index contributed by atoms with van der Waals surface area (Å²) in [4.78, 5) is 64.2. The van der Waals surface area contributed by atoms with Crippen molar-refractivity contribution >= 4 is 52.1 Å². The first-order valence-corrected chi connectivity index (χ1v) is 18.1. The van der Waals surface area contributed by atoms with Crippen LogP contribution in [0.5, 0.6) is 0 Å². The first-order valence-electron chi connectivity index (χ1n) is 18.1. The molecule has 0 N–H and O–H groups in total. The number of carbonyl (C=O) groups is 4. The standard InChI is InChI=1S/C46H37N4O8.Zn/c1-26(2)58-40-25-23-38(50-40)43(29-10-16-32(17-11-29)46(54)57-5)36-21-19-34(48-36)41(27-6-12-30(13-7-27)44(52)55-3)33-18-20-35(47-33)42(37-22-24-39(51)49-37)28-8-14-31(15-9-28)45(53)56-4;/h6-26H,1-5H3,(H-,47,48,49,50,51,52,53,54);/q-1;+2/p-1. The molecule has 3 aliphatic rings. The molecule has 0 saturated carbocycles. The van der Waals surface area contributed by atoms with Gasteiger partial charge in [0.05, 0.1) is 67.1 Å². The zero-order valence-electron chi connectivity index (χ0n) is 32.9. The minimum atomic E-state index is -0.480. The minimum absolute atomic E-state index is 0. The first-order chi connectivity index (χ1) is 28.1. The molecule has 3 aliphatic heterocycles. The molecule has 0 spiro atoms. The summed E-state index contributed by atoms with van der Waals surface area (Å²) in [6.07, 6.45) is 10.3. The molecule has 0 radical (unpaired) electrons. The van der Waals surface area contributed by atoms with Crippen LogP contribution < -0.4 is 4.98 Å². The van der Waals surface area contributed by atoms with Crippen molar-refractivity contribution in [3.8, 4) is 0 Å². The Balaban J connectivity index is 0.00000585. The minimum Gasteiger partial charge on any atom is -0.657 e. The topological polar surface area (TPSA) is 158 Å². The van der Waals surface area contributed by atoms with E-state index in [1.54, 1.807) is 72.8 Å². The van der Waals surface area contributed by atoms with Gasteiger partial charge in [0.15, 0.2) is 0 Å². The normalized spacial score (nSPS) is 16.5. The van der Waals surface area contributed by atoms with E-state index in [1.165, 1.54) is 27.4 Å². The molecule has 290 valence electrons. The molecule has 12 nitrogen and oxygen atoms in total. The monoisotopic (exact) mass is 836 g/mol. The third kappa shape index (κ3) is 8.95. The Morgan fingerprint density at radius 2 is 0.949 bits per heavy atom. The molecule has 1 amide bonds. The van der Waals surface area contributed by atoms with E-state index in [0.29, 0.717) is 84.6 Å². The number of aliphatic imine (C=N–C) groups is 2. The van der Waals surface area contributed by atoms with Gasteiger partial charge in [-0.1, -0.05) is 54.6 Å². The fraction of sp³-hybridized carbons (Fsp3) is 0.130. The number of carbonyl (C=O) groups excluding carboxylic acids is 4. The Morgan fingerprint density at radius 3 is 1.37 bits per heavy atom. The van der Waals surface area contributed by atoms with Crippen LogP contribution in [-0.4, -0.2) is 62.9 Å². The molecule has 4 aromatic rings. The maximum absolute atomic E-state index is 12.4. The number of hydrogen-bond acceptors (Lipinski definition) is 10. The second-order valence-electron chi connectivity index (χ2n) is 13.3. The van der Waals surface area contributed by atoms with Gasteiger partial charge in [-0.25, -0.2) is 24.4 Å². The van der Waals surface area contributed by atoms with E-state index in [2.05, 4.69) is 5.32 Å². The van der Waals surface area contributed by atoms with E-state index in [1.807, 2.05) is 56.3 Å². The number of hydrogen-bond donors (Lipinski definition) is 0. The SMILES string of the molecule is COC(=O)c1ccc(/C(C2=N/C(=C(/c3ccc(C(=O)OC)cc3)c3ccc(/C(=C4/C=CC(OC(C)C)=N4)c4ccc(C(=O)OC)cc4)[n-]3)C=C2)=C2\C=CC(=O)[N-]2)cc1.[Zn+2]. The van der Waals surface area contributed by atoms with Crippen LogP contribution >= 0.6 is 0 Å². The summed E-state index contributed by atoms with van der Waals surface area (Å²) in [6, 6.07) is 24.5. The molecular formula is C46H36N4O8Zn. The van der Waals surface area contributed by atoms with Gasteiger partial charge in [-0.2, -0.15) is 0 Å². The molecule has 13 heteroatoms. The van der Waals surface area contributed by atoms with Gasteiger partial charge in [-0.05, 0) is 108 Å². The van der Waals surface area contributed by atoms with E-state index in [9.17, 15) is 19.2 Å². The Morgan fingerprint density at radius 1 is 0.525 bits per heavy atom. The van der Waals surface area contributed by atoms with Crippen LogP contribution in [0.4, 0.5) is 0 Å². The van der Waals surface area contributed by atoms with Crippen molar-refractivity contribution in [1.82, 2.24) is 4.98 Å². The quantitative estimate of drug-likeness (QED) is 0.0883. The predicted octanol–water partition coefficient (Wildman–Crippen LogP) is 7.81. The Kier molecular flexibility index (Phi) is 12.8. The first kappa shape index (κ1) is 41.7. The van der Waals surface area contributed by atoms with Crippen molar-refractivity contribution in [1.29, 1.82) is 0 Å². The average molecular weight is 838 g/mol. The third-order valence-electron chi connectivity index (χ3n) is 9.19. The van der Waals surface area contributed by atoms with Crippen molar-refractivity contribution in [2.45, 2.75) is 20.0 Å². The molecule has 0 aliphatic carbocycles. The van der Waals surface area contributed by atoms with Gasteiger partial charge in [0.2, 0.25) is 5.90 Å². The fourth-order valence-electron chi connectivity index (χ4n) is 6.51. The third-order valence-corrected chi connectivity index (χ3v) is 9.19. The van der Waals surface area contributed by atoms with Crippen LogP contribution in [0.15, 0.2) is 148 Å². The summed E-state index contributed by atoms with van der Waals surface area (Å²) in [5, 5.41) is 4.23. The molecule has 0 bridgehead atoms. The zero-order valence-corrected chi connectivity index (χ0v) is 35.9. The number of benzene rings is 3. The molecule has 0 fully saturated rings. The second-order valence-corrected chi connectivity index (χ2v) is 13.3. The van der Waals surface area contributed by atoms with Crippen LogP contribution in [0.3, 0.4) is 0 Å². The number of amides is 1. The molecule has 0 saturated heterocycles. The van der Waals surface area contributed by atoms with E-state index in [-0.39, 0.29) is 25.6 Å². The molecule has 0 atom stereocenters. The van der Waals surface area contributed by atoms with Crippen LogP contribution in [0.1, 0.15) is 73.0 Å². The van der Waals surface area contributed by atoms with Gasteiger partial charge in [-0.3, -0.25) is 0 Å². The van der Waals surface area contributed by atoms with Crippen LogP contribution in [0.25, 0.3) is 22.0 Å². The number of rotatable bonds is 10. The Labute approximate surface area is 353 Å². The van der Waals surface area contributed by atoms with Gasteiger partial charge in [-0.15, -0.1) is 17.1 Å². The smallest absolute Gasteiger partial charge is 0.657 e. The van der Waals surface area contributed by atoms with Gasteiger partial charge in [0, 0.05) is 6.08 Å². The summed E-state index contributed by atoms with van der Waals surface area (Å²) in [7, 11) is 3.97. The Bertz CT molecular complexity index is 2580. The largest absolute Gasteiger partial charge is 2.00 e. The number of methoxy groups -OCH3 is 3. The molecule has 7 rings (SSSR count). The van der Waals surface area contributed by atoms with Crippen LogP contribution in [0.2, 0.25) is 0 Å². The average Bonchev–Trinajstić information content (AvgIpc) is 4.08. The van der Waals surface area contributed by atoms with Gasteiger partial charge in [0.25, 0.3) is 0 Å². The number of esters is 3. The van der Waals surface area contributed by atoms with Gasteiger partial charge < -0.3 is 34.0 Å². The maximum Gasteiger partial charge on any atom is 2.00 e. The fourth-order valence-corrected chi connectivity index (χ4v) is 6.51.